The number of piperazine rings is 1. The van der Waals surface area contributed by atoms with E-state index in [1.807, 2.05) is 19.2 Å². The lowest BCUT2D eigenvalue weighted by atomic mass is 10.0. The Morgan fingerprint density at radius 2 is 1.87 bits per heavy atom. The third-order valence-electron chi connectivity index (χ3n) is 6.13. The number of hydrogen-bond donors (Lipinski definition) is 0. The number of halogens is 3. The molecule has 0 atom stereocenters. The summed E-state index contributed by atoms with van der Waals surface area (Å²) in [5, 5.41) is 1.13. The predicted molar refractivity (Wildman–Crippen MR) is 116 cm³/mol. The number of aromatic nitrogens is 2. The summed E-state index contributed by atoms with van der Waals surface area (Å²) in [5.41, 5.74) is 1.92. The van der Waals surface area contributed by atoms with Gasteiger partial charge in [-0.15, -0.1) is 0 Å². The number of para-hydroxylation sites is 1. The molecule has 31 heavy (non-hydrogen) atoms. The van der Waals surface area contributed by atoms with Crippen molar-refractivity contribution in [2.75, 3.05) is 51.9 Å². The predicted octanol–water partition coefficient (Wildman–Crippen LogP) is 4.30. The van der Waals surface area contributed by atoms with Crippen LogP contribution in [0, 0.1) is 11.6 Å². The number of nitrogens with zero attached hydrogens (tertiary/aromatic N) is 4. The monoisotopic (exact) mass is 428 g/mol. The number of methoxy groups -OCH3 is 1. The third-order valence-corrected chi connectivity index (χ3v) is 6.13. The Kier molecular flexibility index (Phi) is 4.89. The number of fused-ring (bicyclic) bond motifs is 5. The molecule has 3 aliphatic heterocycles. The zero-order valence-electron chi connectivity index (χ0n) is 17.5. The Morgan fingerprint density at radius 3 is 2.58 bits per heavy atom. The smallest absolute Gasteiger partial charge is 0.173 e. The number of anilines is 1. The zero-order chi connectivity index (χ0) is 21.7. The molecule has 8 heteroatoms. The number of rotatable bonds is 4. The van der Waals surface area contributed by atoms with Gasteiger partial charge in [-0.2, -0.15) is 0 Å². The molecular formula is C23H23F3N4O. The summed E-state index contributed by atoms with van der Waals surface area (Å²) in [7, 11) is 3.54. The average molecular weight is 428 g/mol. The highest BCUT2D eigenvalue weighted by atomic mass is 19.1. The number of aryl methyl sites for hydroxylation is 1. The van der Waals surface area contributed by atoms with Gasteiger partial charge in [0, 0.05) is 48.7 Å². The number of likely N-dealkylation sites (N-methyl/N-ethyl adjacent to an activating group) is 1. The van der Waals surface area contributed by atoms with Crippen LogP contribution in [0.25, 0.3) is 33.1 Å². The molecule has 0 bridgehead atoms. The Hall–Kier alpha value is -3.00. The largest absolute Gasteiger partial charge is 0.494 e. The normalized spacial score (nSPS) is 15.5. The van der Waals surface area contributed by atoms with E-state index >= 15 is 8.78 Å². The van der Waals surface area contributed by atoms with Crippen molar-refractivity contribution in [2.45, 2.75) is 6.54 Å². The molecule has 0 aliphatic carbocycles. The maximum absolute atomic E-state index is 15.8. The summed E-state index contributed by atoms with van der Waals surface area (Å²) in [6.07, 6.45) is 1.71. The first-order valence-corrected chi connectivity index (χ1v) is 10.3. The highest BCUT2D eigenvalue weighted by molar-refractivity contribution is 6.08. The molecular weight excluding hydrogens is 405 g/mol. The van der Waals surface area contributed by atoms with Crippen LogP contribution in [-0.4, -0.2) is 61.5 Å². The quantitative estimate of drug-likeness (QED) is 0.485. The van der Waals surface area contributed by atoms with E-state index in [1.54, 1.807) is 24.3 Å². The van der Waals surface area contributed by atoms with Crippen molar-refractivity contribution in [3.05, 3.63) is 42.1 Å². The second-order valence-corrected chi connectivity index (χ2v) is 7.95. The lowest BCUT2D eigenvalue weighted by Crippen LogP contribution is -2.45. The summed E-state index contributed by atoms with van der Waals surface area (Å²) >= 11 is 0. The molecule has 0 amide bonds. The molecule has 5 rings (SSSR count). The SMILES string of the molecule is COc1cccc2c3cn(CCF)c4c(F)c(N5CCN(C)CC5)c(F)cc4c-3nc12. The maximum atomic E-state index is 15.8. The van der Waals surface area contributed by atoms with Crippen molar-refractivity contribution in [3.8, 4) is 17.0 Å². The van der Waals surface area contributed by atoms with E-state index in [-0.39, 0.29) is 17.7 Å². The molecule has 0 radical (unpaired) electrons. The summed E-state index contributed by atoms with van der Waals surface area (Å²) in [6, 6.07) is 6.84. The molecule has 1 saturated heterocycles. The molecule has 0 saturated carbocycles. The van der Waals surface area contributed by atoms with Gasteiger partial charge in [0.15, 0.2) is 5.82 Å². The van der Waals surface area contributed by atoms with E-state index in [2.05, 4.69) is 9.88 Å². The van der Waals surface area contributed by atoms with Crippen LogP contribution in [0.1, 0.15) is 0 Å². The van der Waals surface area contributed by atoms with Gasteiger partial charge in [0.1, 0.15) is 29.4 Å². The lowest BCUT2D eigenvalue weighted by Gasteiger charge is -2.34. The summed E-state index contributed by atoms with van der Waals surface area (Å²) < 4.78 is 51.5. The van der Waals surface area contributed by atoms with Gasteiger partial charge < -0.3 is 19.1 Å². The molecule has 0 spiro atoms. The third kappa shape index (κ3) is 3.08. The summed E-state index contributed by atoms with van der Waals surface area (Å²) in [4.78, 5) is 8.51. The topological polar surface area (TPSA) is 33.5 Å². The van der Waals surface area contributed by atoms with E-state index in [9.17, 15) is 4.39 Å². The number of pyridine rings is 1. The molecule has 3 aliphatic rings. The van der Waals surface area contributed by atoms with Crippen molar-refractivity contribution in [3.63, 3.8) is 0 Å². The van der Waals surface area contributed by atoms with Crippen molar-refractivity contribution < 1.29 is 17.9 Å². The minimum atomic E-state index is -0.672. The number of benzene rings is 2. The van der Waals surface area contributed by atoms with E-state index in [0.29, 0.717) is 41.0 Å². The molecule has 162 valence electrons. The van der Waals surface area contributed by atoms with Gasteiger partial charge in [0.25, 0.3) is 0 Å². The molecule has 0 aromatic heterocycles. The van der Waals surface area contributed by atoms with Crippen LogP contribution in [0.4, 0.5) is 18.9 Å². The van der Waals surface area contributed by atoms with Gasteiger partial charge in [-0.05, 0) is 19.2 Å². The van der Waals surface area contributed by atoms with Crippen molar-refractivity contribution in [1.29, 1.82) is 0 Å². The minimum Gasteiger partial charge on any atom is -0.494 e. The van der Waals surface area contributed by atoms with E-state index in [1.165, 1.54) is 10.6 Å². The van der Waals surface area contributed by atoms with Gasteiger partial charge in [-0.3, -0.25) is 0 Å². The van der Waals surface area contributed by atoms with Gasteiger partial charge >= 0.3 is 0 Å². The summed E-state index contributed by atoms with van der Waals surface area (Å²) in [5.74, 6) is -0.726. The molecule has 3 heterocycles. The van der Waals surface area contributed by atoms with E-state index < -0.39 is 18.3 Å². The fourth-order valence-electron chi connectivity index (χ4n) is 4.52. The van der Waals surface area contributed by atoms with Crippen molar-refractivity contribution in [1.82, 2.24) is 14.5 Å². The molecule has 0 N–H and O–H groups in total. The molecule has 0 unspecified atom stereocenters. The first-order valence-electron chi connectivity index (χ1n) is 10.3. The fourth-order valence-corrected chi connectivity index (χ4v) is 4.52. The summed E-state index contributed by atoms with van der Waals surface area (Å²) in [6.45, 7) is 1.79. The molecule has 2 aromatic carbocycles. The van der Waals surface area contributed by atoms with Crippen LogP contribution in [0.15, 0.2) is 30.5 Å². The minimum absolute atomic E-state index is 0.0339. The van der Waals surface area contributed by atoms with E-state index in [4.69, 9.17) is 4.74 Å². The van der Waals surface area contributed by atoms with Gasteiger partial charge in [0.2, 0.25) is 0 Å². The molecule has 5 nitrogen and oxygen atoms in total. The standard InChI is InChI=1S/C23H23F3N4O/c1-28-8-10-29(11-9-28)23-17(25)12-15-20-16(13-30(7-6-24)22(15)19(23)26)14-4-3-5-18(31-2)21(14)27-20/h3-5,12-13H,6-11H2,1-2H3. The van der Waals surface area contributed by atoms with E-state index in [0.717, 1.165) is 18.5 Å². The first kappa shape index (κ1) is 19.9. The average Bonchev–Trinajstić information content (AvgIpc) is 3.14. The second kappa shape index (κ2) is 7.60. The van der Waals surface area contributed by atoms with Crippen LogP contribution < -0.4 is 9.64 Å². The highest BCUT2D eigenvalue weighted by Gasteiger charge is 2.28. The maximum Gasteiger partial charge on any atom is 0.173 e. The fraction of sp³-hybridized carbons (Fsp3) is 0.348. The molecule has 2 aromatic rings. The Bertz CT molecular complexity index is 1250. The van der Waals surface area contributed by atoms with Crippen LogP contribution in [0.2, 0.25) is 0 Å². The Morgan fingerprint density at radius 1 is 1.10 bits per heavy atom. The second-order valence-electron chi connectivity index (χ2n) is 7.95. The number of alkyl halides is 1. The zero-order valence-corrected chi connectivity index (χ0v) is 17.5. The Labute approximate surface area is 178 Å². The van der Waals surface area contributed by atoms with Crippen LogP contribution in [0.3, 0.4) is 0 Å². The van der Waals surface area contributed by atoms with Crippen LogP contribution >= 0.6 is 0 Å². The highest BCUT2D eigenvalue weighted by Crippen LogP contribution is 2.42. The lowest BCUT2D eigenvalue weighted by molar-refractivity contribution is 0.310. The number of ether oxygens (including phenoxy) is 1. The Balaban J connectivity index is 1.82. The van der Waals surface area contributed by atoms with Gasteiger partial charge in [-0.25, -0.2) is 18.2 Å². The van der Waals surface area contributed by atoms with Gasteiger partial charge in [-0.1, -0.05) is 12.1 Å². The van der Waals surface area contributed by atoms with Crippen LogP contribution in [0.5, 0.6) is 5.75 Å². The molecule has 1 fully saturated rings. The van der Waals surface area contributed by atoms with Crippen molar-refractivity contribution >= 4 is 27.5 Å². The van der Waals surface area contributed by atoms with Crippen molar-refractivity contribution in [2.24, 2.45) is 0 Å². The van der Waals surface area contributed by atoms with Crippen LogP contribution in [-0.2, 0) is 6.54 Å². The van der Waals surface area contributed by atoms with Gasteiger partial charge in [0.05, 0.1) is 24.9 Å². The number of hydrogen-bond acceptors (Lipinski definition) is 4. The first-order chi connectivity index (χ1) is 15.0.